The molecule has 0 spiro atoms. The monoisotopic (exact) mass is 294 g/mol. The number of thioether (sulfide) groups is 1. The summed E-state index contributed by atoms with van der Waals surface area (Å²) in [4.78, 5) is 11.7. The van der Waals surface area contributed by atoms with Crippen LogP contribution in [0.3, 0.4) is 0 Å². The van der Waals surface area contributed by atoms with Crippen molar-refractivity contribution in [3.63, 3.8) is 0 Å². The summed E-state index contributed by atoms with van der Waals surface area (Å²) < 4.78 is 18.4. The van der Waals surface area contributed by atoms with Crippen molar-refractivity contribution in [3.8, 4) is 0 Å². The lowest BCUT2D eigenvalue weighted by molar-refractivity contribution is -0.115. The van der Waals surface area contributed by atoms with Crippen LogP contribution in [0.1, 0.15) is 17.9 Å². The van der Waals surface area contributed by atoms with E-state index in [1.54, 1.807) is 23.9 Å². The Balaban J connectivity index is 1.69. The summed E-state index contributed by atoms with van der Waals surface area (Å²) in [6, 6.07) is 7.99. The predicted octanol–water partition coefficient (Wildman–Crippen LogP) is 3.38. The smallest absolute Gasteiger partial charge is 0.225 e. The molecule has 0 saturated heterocycles. The second kappa shape index (κ2) is 7.09. The van der Waals surface area contributed by atoms with Crippen molar-refractivity contribution >= 4 is 23.4 Å². The van der Waals surface area contributed by atoms with Gasteiger partial charge in [-0.2, -0.15) is 11.8 Å². The molecule has 6 heteroatoms. The molecule has 1 aromatic heterocycles. The maximum atomic E-state index is 13.3. The van der Waals surface area contributed by atoms with Gasteiger partial charge < -0.3 is 9.84 Å². The second-order valence-corrected chi connectivity index (χ2v) is 5.37. The van der Waals surface area contributed by atoms with Gasteiger partial charge in [-0.15, -0.1) is 0 Å². The van der Waals surface area contributed by atoms with Crippen LogP contribution in [0, 0.1) is 12.7 Å². The van der Waals surface area contributed by atoms with Crippen LogP contribution < -0.4 is 5.32 Å². The zero-order chi connectivity index (χ0) is 14.4. The number of para-hydroxylation sites is 1. The van der Waals surface area contributed by atoms with Crippen LogP contribution in [-0.2, 0) is 10.5 Å². The number of rotatable bonds is 6. The van der Waals surface area contributed by atoms with Crippen molar-refractivity contribution in [3.05, 3.63) is 47.6 Å². The van der Waals surface area contributed by atoms with Gasteiger partial charge in [0, 0.05) is 18.2 Å². The summed E-state index contributed by atoms with van der Waals surface area (Å²) in [6.45, 7) is 1.86. The van der Waals surface area contributed by atoms with Crippen LogP contribution in [0.15, 0.2) is 34.9 Å². The van der Waals surface area contributed by atoms with E-state index >= 15 is 0 Å². The molecule has 0 unspecified atom stereocenters. The fourth-order valence-corrected chi connectivity index (χ4v) is 2.41. The number of hydrogen-bond acceptors (Lipinski definition) is 4. The highest BCUT2D eigenvalue weighted by molar-refractivity contribution is 7.98. The summed E-state index contributed by atoms with van der Waals surface area (Å²) >= 11 is 1.57. The van der Waals surface area contributed by atoms with Crippen LogP contribution in [0.2, 0.25) is 0 Å². The third kappa shape index (κ3) is 4.38. The van der Waals surface area contributed by atoms with Crippen molar-refractivity contribution in [2.45, 2.75) is 19.1 Å². The molecule has 0 aliphatic heterocycles. The van der Waals surface area contributed by atoms with Crippen LogP contribution in [0.25, 0.3) is 0 Å². The van der Waals surface area contributed by atoms with Crippen molar-refractivity contribution < 1.29 is 13.7 Å². The topological polar surface area (TPSA) is 55.1 Å². The number of halogens is 1. The zero-order valence-electron chi connectivity index (χ0n) is 11.1. The number of nitrogens with one attached hydrogen (secondary N) is 1. The van der Waals surface area contributed by atoms with Gasteiger partial charge in [-0.05, 0) is 19.1 Å². The SMILES string of the molecule is Cc1cc(CSCCC(=O)Nc2ccccc2F)on1. The van der Waals surface area contributed by atoms with Crippen molar-refractivity contribution in [2.24, 2.45) is 0 Å². The third-order valence-corrected chi connectivity index (χ3v) is 3.52. The number of carbonyl (C=O) groups is 1. The van der Waals surface area contributed by atoms with Gasteiger partial charge in [0.2, 0.25) is 5.91 Å². The maximum absolute atomic E-state index is 13.3. The molecule has 20 heavy (non-hydrogen) atoms. The number of aromatic nitrogens is 1. The van der Waals surface area contributed by atoms with Crippen molar-refractivity contribution in [1.29, 1.82) is 0 Å². The van der Waals surface area contributed by atoms with Gasteiger partial charge in [0.15, 0.2) is 0 Å². The first-order valence-electron chi connectivity index (χ1n) is 6.19. The number of amides is 1. The Kier molecular flexibility index (Phi) is 5.17. The maximum Gasteiger partial charge on any atom is 0.225 e. The van der Waals surface area contributed by atoms with E-state index in [1.165, 1.54) is 12.1 Å². The molecule has 0 saturated carbocycles. The zero-order valence-corrected chi connectivity index (χ0v) is 11.9. The quantitative estimate of drug-likeness (QED) is 0.830. The lowest BCUT2D eigenvalue weighted by Gasteiger charge is -2.05. The van der Waals surface area contributed by atoms with E-state index in [1.807, 2.05) is 13.0 Å². The first-order valence-corrected chi connectivity index (χ1v) is 7.35. The minimum Gasteiger partial charge on any atom is -0.360 e. The minimum absolute atomic E-state index is 0.198. The average molecular weight is 294 g/mol. The number of carbonyl (C=O) groups excluding carboxylic acids is 1. The lowest BCUT2D eigenvalue weighted by Crippen LogP contribution is -2.13. The molecule has 1 N–H and O–H groups in total. The second-order valence-electron chi connectivity index (χ2n) is 4.27. The normalized spacial score (nSPS) is 10.5. The van der Waals surface area contributed by atoms with E-state index in [9.17, 15) is 9.18 Å². The standard InChI is InChI=1S/C14H15FN2O2S/c1-10-8-11(19-17-10)9-20-7-6-14(18)16-13-5-3-2-4-12(13)15/h2-5,8H,6-7,9H2,1H3,(H,16,18). The summed E-state index contributed by atoms with van der Waals surface area (Å²) in [6.07, 6.45) is 0.326. The molecule has 0 fully saturated rings. The van der Waals surface area contributed by atoms with Gasteiger partial charge in [0.05, 0.1) is 17.1 Å². The van der Waals surface area contributed by atoms with Gasteiger partial charge >= 0.3 is 0 Å². The van der Waals surface area contributed by atoms with E-state index in [-0.39, 0.29) is 11.6 Å². The molecular weight excluding hydrogens is 279 g/mol. The van der Waals surface area contributed by atoms with Crippen molar-refractivity contribution in [1.82, 2.24) is 5.16 Å². The molecule has 0 bridgehead atoms. The Morgan fingerprint density at radius 3 is 2.95 bits per heavy atom. The van der Waals surface area contributed by atoms with Crippen LogP contribution in [0.5, 0.6) is 0 Å². The van der Waals surface area contributed by atoms with Gasteiger partial charge in [-0.25, -0.2) is 4.39 Å². The Morgan fingerprint density at radius 2 is 2.25 bits per heavy atom. The molecule has 1 aromatic carbocycles. The number of benzene rings is 1. The van der Waals surface area contributed by atoms with Crippen LogP contribution in [0.4, 0.5) is 10.1 Å². The highest BCUT2D eigenvalue weighted by atomic mass is 32.2. The molecule has 4 nitrogen and oxygen atoms in total. The van der Waals surface area contributed by atoms with E-state index < -0.39 is 5.82 Å². The largest absolute Gasteiger partial charge is 0.360 e. The summed E-state index contributed by atoms with van der Waals surface area (Å²) in [5.41, 5.74) is 1.06. The Hall–Kier alpha value is -1.82. The van der Waals surface area contributed by atoms with Gasteiger partial charge in [-0.1, -0.05) is 17.3 Å². The summed E-state index contributed by atoms with van der Waals surface area (Å²) in [7, 11) is 0. The lowest BCUT2D eigenvalue weighted by atomic mass is 10.3. The Labute approximate surface area is 120 Å². The highest BCUT2D eigenvalue weighted by Gasteiger charge is 2.07. The molecule has 0 aliphatic carbocycles. The molecule has 1 amide bonds. The van der Waals surface area contributed by atoms with Gasteiger partial charge in [-0.3, -0.25) is 4.79 Å². The molecule has 2 aromatic rings. The molecule has 0 radical (unpaired) electrons. The highest BCUT2D eigenvalue weighted by Crippen LogP contribution is 2.16. The molecule has 2 rings (SSSR count). The third-order valence-electron chi connectivity index (χ3n) is 2.54. The minimum atomic E-state index is -0.425. The molecule has 0 atom stereocenters. The number of nitrogens with zero attached hydrogens (tertiary/aromatic N) is 1. The molecule has 0 aliphatic rings. The fraction of sp³-hybridized carbons (Fsp3) is 0.286. The van der Waals surface area contributed by atoms with E-state index in [4.69, 9.17) is 4.52 Å². The van der Waals surface area contributed by atoms with E-state index in [2.05, 4.69) is 10.5 Å². The average Bonchev–Trinajstić information content (AvgIpc) is 2.83. The van der Waals surface area contributed by atoms with Crippen LogP contribution in [-0.4, -0.2) is 16.8 Å². The summed E-state index contributed by atoms with van der Waals surface area (Å²) in [5.74, 6) is 1.48. The van der Waals surface area contributed by atoms with E-state index in [0.717, 1.165) is 11.5 Å². The molecule has 1 heterocycles. The first-order chi connectivity index (χ1) is 9.65. The van der Waals surface area contributed by atoms with E-state index in [0.29, 0.717) is 17.9 Å². The van der Waals surface area contributed by atoms with Crippen LogP contribution >= 0.6 is 11.8 Å². The first kappa shape index (κ1) is 14.6. The number of aryl methyl sites for hydroxylation is 1. The fourth-order valence-electron chi connectivity index (χ4n) is 1.60. The van der Waals surface area contributed by atoms with Crippen molar-refractivity contribution in [2.75, 3.05) is 11.1 Å². The number of anilines is 1. The molecular formula is C14H15FN2O2S. The predicted molar refractivity (Wildman–Crippen MR) is 77.0 cm³/mol. The Morgan fingerprint density at radius 1 is 1.45 bits per heavy atom. The molecule has 106 valence electrons. The van der Waals surface area contributed by atoms with Gasteiger partial charge in [0.1, 0.15) is 11.6 Å². The summed E-state index contributed by atoms with van der Waals surface area (Å²) in [5, 5.41) is 6.34. The number of hydrogen-bond donors (Lipinski definition) is 1. The van der Waals surface area contributed by atoms with Gasteiger partial charge in [0.25, 0.3) is 0 Å². The Bertz CT molecular complexity index is 586.